The van der Waals surface area contributed by atoms with Crippen LogP contribution in [0.5, 0.6) is 0 Å². The van der Waals surface area contributed by atoms with Gasteiger partial charge < -0.3 is 5.32 Å². The van der Waals surface area contributed by atoms with Crippen LogP contribution in [0.15, 0.2) is 54.6 Å². The first-order valence-electron chi connectivity index (χ1n) is 6.72. The molecule has 24 heavy (non-hydrogen) atoms. The molecule has 0 aliphatic carbocycles. The Labute approximate surface area is 140 Å². The van der Waals surface area contributed by atoms with Gasteiger partial charge in [0.15, 0.2) is 5.78 Å². The predicted octanol–water partition coefficient (Wildman–Crippen LogP) is 4.74. The van der Waals surface area contributed by atoms with Crippen LogP contribution < -0.4 is 5.32 Å². The molecule has 3 nitrogen and oxygen atoms in total. The van der Waals surface area contributed by atoms with Gasteiger partial charge in [0.1, 0.15) is 0 Å². The van der Waals surface area contributed by atoms with Crippen LogP contribution in [0.3, 0.4) is 0 Å². The molecule has 0 radical (unpaired) electrons. The van der Waals surface area contributed by atoms with Gasteiger partial charge in [-0.15, -0.1) is 0 Å². The molecule has 0 heterocycles. The molecule has 0 aromatic heterocycles. The number of allylic oxidation sites excluding steroid dienone is 1. The molecule has 124 valence electrons. The number of rotatable bonds is 4. The van der Waals surface area contributed by atoms with Gasteiger partial charge >= 0.3 is 12.1 Å². The van der Waals surface area contributed by atoms with Crippen molar-refractivity contribution in [2.75, 3.05) is 5.32 Å². The summed E-state index contributed by atoms with van der Waals surface area (Å²) in [6.45, 7) is 0. The minimum absolute atomic E-state index is 0.0478. The van der Waals surface area contributed by atoms with E-state index in [9.17, 15) is 22.8 Å². The summed E-state index contributed by atoms with van der Waals surface area (Å²) in [5.41, 5.74) is 0.404. The summed E-state index contributed by atoms with van der Waals surface area (Å²) < 4.78 is 37.1. The van der Waals surface area contributed by atoms with Crippen LogP contribution >= 0.6 is 11.6 Å². The van der Waals surface area contributed by atoms with Crippen LogP contribution in [0, 0.1) is 0 Å². The maximum Gasteiger partial charge on any atom is 0.471 e. The molecule has 0 saturated heterocycles. The fraction of sp³-hybridized carbons (Fsp3) is 0.0588. The zero-order chi connectivity index (χ0) is 17.7. The van der Waals surface area contributed by atoms with Crippen LogP contribution in [0.1, 0.15) is 15.9 Å². The lowest BCUT2D eigenvalue weighted by Gasteiger charge is -2.10. The third kappa shape index (κ3) is 4.70. The van der Waals surface area contributed by atoms with Crippen molar-refractivity contribution in [2.24, 2.45) is 0 Å². The monoisotopic (exact) mass is 353 g/mol. The van der Waals surface area contributed by atoms with Crippen molar-refractivity contribution in [3.8, 4) is 0 Å². The van der Waals surface area contributed by atoms with Crippen LogP contribution in [0.4, 0.5) is 18.9 Å². The van der Waals surface area contributed by atoms with Crippen molar-refractivity contribution in [1.82, 2.24) is 0 Å². The maximum absolute atomic E-state index is 12.4. The molecular weight excluding hydrogens is 343 g/mol. The summed E-state index contributed by atoms with van der Waals surface area (Å²) in [5, 5.41) is 2.19. The predicted molar refractivity (Wildman–Crippen MR) is 85.9 cm³/mol. The number of carbonyl (C=O) groups is 2. The Morgan fingerprint density at radius 3 is 2.42 bits per heavy atom. The first kappa shape index (κ1) is 17.7. The molecule has 0 unspecified atom stereocenters. The number of amides is 1. The molecule has 2 aromatic rings. The van der Waals surface area contributed by atoms with Crippen LogP contribution in [-0.2, 0) is 4.79 Å². The van der Waals surface area contributed by atoms with Gasteiger partial charge in [-0.3, -0.25) is 9.59 Å². The Morgan fingerprint density at radius 1 is 1.04 bits per heavy atom. The quantitative estimate of drug-likeness (QED) is 0.637. The summed E-state index contributed by atoms with van der Waals surface area (Å²) in [7, 11) is 0. The molecule has 7 heteroatoms. The maximum atomic E-state index is 12.4. The minimum Gasteiger partial charge on any atom is -0.318 e. The summed E-state index contributed by atoms with van der Waals surface area (Å²) in [6, 6.07) is 12.2. The Kier molecular flexibility index (Phi) is 5.41. The number of nitrogens with one attached hydrogen (secondary N) is 1. The fourth-order valence-electron chi connectivity index (χ4n) is 1.87. The number of ketones is 1. The van der Waals surface area contributed by atoms with E-state index in [1.165, 1.54) is 36.4 Å². The molecule has 0 fully saturated rings. The van der Waals surface area contributed by atoms with Gasteiger partial charge in [0, 0.05) is 10.6 Å². The highest BCUT2D eigenvalue weighted by atomic mass is 35.5. The third-order valence-corrected chi connectivity index (χ3v) is 3.21. The summed E-state index contributed by atoms with van der Waals surface area (Å²) in [5.74, 6) is -2.69. The van der Waals surface area contributed by atoms with Crippen LogP contribution in [0.2, 0.25) is 5.02 Å². The molecule has 0 atom stereocenters. The summed E-state index contributed by atoms with van der Waals surface area (Å²) >= 11 is 5.83. The zero-order valence-electron chi connectivity index (χ0n) is 12.1. The van der Waals surface area contributed by atoms with Crippen molar-refractivity contribution < 1.29 is 22.8 Å². The molecule has 2 rings (SSSR count). The van der Waals surface area contributed by atoms with E-state index >= 15 is 0 Å². The van der Waals surface area contributed by atoms with E-state index in [0.717, 1.165) is 0 Å². The second-order valence-electron chi connectivity index (χ2n) is 4.75. The molecule has 0 aliphatic heterocycles. The van der Waals surface area contributed by atoms with Crippen LogP contribution in [0.25, 0.3) is 6.08 Å². The van der Waals surface area contributed by atoms with E-state index in [-0.39, 0.29) is 11.3 Å². The van der Waals surface area contributed by atoms with E-state index in [4.69, 9.17) is 11.6 Å². The molecule has 0 bridgehead atoms. The lowest BCUT2D eigenvalue weighted by atomic mass is 10.1. The van der Waals surface area contributed by atoms with Crippen LogP contribution in [-0.4, -0.2) is 17.9 Å². The second kappa shape index (κ2) is 7.31. The third-order valence-electron chi connectivity index (χ3n) is 2.97. The van der Waals surface area contributed by atoms with Gasteiger partial charge in [0.05, 0.1) is 5.69 Å². The highest BCUT2D eigenvalue weighted by molar-refractivity contribution is 6.30. The normalized spacial score (nSPS) is 11.5. The van der Waals surface area contributed by atoms with Crippen molar-refractivity contribution in [2.45, 2.75) is 6.18 Å². The van der Waals surface area contributed by atoms with Gasteiger partial charge in [-0.1, -0.05) is 41.9 Å². The average Bonchev–Trinajstić information content (AvgIpc) is 2.52. The summed E-state index contributed by atoms with van der Waals surface area (Å²) in [4.78, 5) is 23.2. The number of anilines is 1. The van der Waals surface area contributed by atoms with Crippen molar-refractivity contribution in [3.05, 3.63) is 70.8 Å². The fourth-order valence-corrected chi connectivity index (χ4v) is 2.07. The smallest absolute Gasteiger partial charge is 0.318 e. The Morgan fingerprint density at radius 2 is 1.75 bits per heavy atom. The Hall–Kier alpha value is -2.60. The number of halogens is 4. The molecule has 2 aromatic carbocycles. The zero-order valence-corrected chi connectivity index (χ0v) is 12.9. The van der Waals surface area contributed by atoms with Crippen molar-refractivity contribution >= 4 is 35.1 Å². The van der Waals surface area contributed by atoms with E-state index in [1.54, 1.807) is 29.6 Å². The molecular formula is C17H11ClF3NO2. The largest absolute Gasteiger partial charge is 0.471 e. The van der Waals surface area contributed by atoms with E-state index in [0.29, 0.717) is 10.6 Å². The lowest BCUT2D eigenvalue weighted by molar-refractivity contribution is -0.167. The number of alkyl halides is 3. The minimum atomic E-state index is -5.03. The Bertz CT molecular complexity index is 800. The molecule has 1 amide bonds. The standard InChI is InChI=1S/C17H11ClF3NO2/c18-12-5-3-4-11(10-12)8-9-15(23)13-6-1-2-7-14(13)22-16(24)17(19,20)21/h1-10H,(H,22,24)/b9-8+. The van der Waals surface area contributed by atoms with E-state index in [2.05, 4.69) is 0 Å². The molecule has 1 N–H and O–H groups in total. The molecule has 0 saturated carbocycles. The summed E-state index contributed by atoms with van der Waals surface area (Å²) in [6.07, 6.45) is -2.35. The highest BCUT2D eigenvalue weighted by Gasteiger charge is 2.39. The first-order valence-corrected chi connectivity index (χ1v) is 7.10. The van der Waals surface area contributed by atoms with Crippen molar-refractivity contribution in [1.29, 1.82) is 0 Å². The van der Waals surface area contributed by atoms with E-state index in [1.807, 2.05) is 0 Å². The first-order chi connectivity index (χ1) is 11.3. The van der Waals surface area contributed by atoms with Crippen molar-refractivity contribution in [3.63, 3.8) is 0 Å². The topological polar surface area (TPSA) is 46.2 Å². The molecule has 0 spiro atoms. The van der Waals surface area contributed by atoms with Gasteiger partial charge in [0.2, 0.25) is 0 Å². The number of hydrogen-bond donors (Lipinski definition) is 1. The van der Waals surface area contributed by atoms with Gasteiger partial charge in [-0.25, -0.2) is 0 Å². The number of para-hydroxylation sites is 1. The number of benzene rings is 2. The Balaban J connectivity index is 2.22. The van der Waals surface area contributed by atoms with Gasteiger partial charge in [0.25, 0.3) is 0 Å². The van der Waals surface area contributed by atoms with Gasteiger partial charge in [-0.05, 0) is 35.9 Å². The second-order valence-corrected chi connectivity index (χ2v) is 5.19. The number of hydrogen-bond acceptors (Lipinski definition) is 2. The highest BCUT2D eigenvalue weighted by Crippen LogP contribution is 2.22. The van der Waals surface area contributed by atoms with E-state index < -0.39 is 17.9 Å². The van der Waals surface area contributed by atoms with Gasteiger partial charge in [-0.2, -0.15) is 13.2 Å². The number of carbonyl (C=O) groups excluding carboxylic acids is 2. The average molecular weight is 354 g/mol. The SMILES string of the molecule is O=C(/C=C/c1cccc(Cl)c1)c1ccccc1NC(=O)C(F)(F)F. The molecule has 0 aliphatic rings. The lowest BCUT2D eigenvalue weighted by Crippen LogP contribution is -2.30.